The Kier molecular flexibility index (Phi) is 9.57. The van der Waals surface area contributed by atoms with Crippen molar-refractivity contribution in [3.8, 4) is 67.8 Å². The van der Waals surface area contributed by atoms with E-state index < -0.39 is 0 Å². The average Bonchev–Trinajstić information content (AvgIpc) is 3.94. The molecule has 0 atom stereocenters. The molecule has 0 radical (unpaired) electrons. The second kappa shape index (κ2) is 16.5. The summed E-state index contributed by atoms with van der Waals surface area (Å²) < 4.78 is 4.80. The minimum atomic E-state index is 0.634. The van der Waals surface area contributed by atoms with Gasteiger partial charge in [-0.3, -0.25) is 0 Å². The quantitative estimate of drug-likeness (QED) is 0.153. The van der Waals surface area contributed by atoms with Crippen molar-refractivity contribution in [1.82, 2.24) is 24.1 Å². The number of nitrogens with zero attached hydrogens (tertiary/aromatic N) is 5. The Hall–Kier alpha value is -8.93. The number of rotatable bonds is 8. The lowest BCUT2D eigenvalue weighted by Gasteiger charge is -2.12. The highest BCUT2D eigenvalue weighted by Gasteiger charge is 2.19. The summed E-state index contributed by atoms with van der Waals surface area (Å²) in [6.45, 7) is 0. The highest BCUT2D eigenvalue weighted by atomic mass is 15.0. The zero-order valence-corrected chi connectivity index (χ0v) is 37.2. The van der Waals surface area contributed by atoms with Crippen molar-refractivity contribution < 1.29 is 0 Å². The topological polar surface area (TPSA) is 48.5 Å². The number of hydrogen-bond acceptors (Lipinski definition) is 3. The molecule has 0 N–H and O–H groups in total. The lowest BCUT2D eigenvalue weighted by Crippen LogP contribution is -2.00. The van der Waals surface area contributed by atoms with Crippen LogP contribution in [0.15, 0.2) is 237 Å². The minimum Gasteiger partial charge on any atom is -0.309 e. The van der Waals surface area contributed by atoms with Gasteiger partial charge in [0.1, 0.15) is 0 Å². The van der Waals surface area contributed by atoms with Crippen LogP contribution in [0.2, 0.25) is 0 Å². The van der Waals surface area contributed by atoms with Gasteiger partial charge in [0, 0.05) is 49.6 Å². The van der Waals surface area contributed by atoms with E-state index in [-0.39, 0.29) is 0 Å². The van der Waals surface area contributed by atoms with Crippen molar-refractivity contribution in [2.24, 2.45) is 0 Å². The third kappa shape index (κ3) is 6.83. The van der Waals surface area contributed by atoms with E-state index in [2.05, 4.69) is 185 Å². The monoisotopic (exact) mass is 869 g/mol. The molecule has 9 aromatic carbocycles. The summed E-state index contributed by atoms with van der Waals surface area (Å²) in [7, 11) is 0. The van der Waals surface area contributed by atoms with E-state index in [0.717, 1.165) is 63.1 Å². The van der Waals surface area contributed by atoms with Gasteiger partial charge in [-0.2, -0.15) is 0 Å². The maximum atomic E-state index is 5.05. The van der Waals surface area contributed by atoms with Crippen LogP contribution < -0.4 is 0 Å². The molecule has 3 heterocycles. The molecule has 13 rings (SSSR count). The first-order valence-corrected chi connectivity index (χ1v) is 23.3. The van der Waals surface area contributed by atoms with Gasteiger partial charge in [-0.1, -0.05) is 176 Å². The van der Waals surface area contributed by atoms with Gasteiger partial charge in [0.25, 0.3) is 0 Å². The van der Waals surface area contributed by atoms with Crippen LogP contribution >= 0.6 is 0 Å². The van der Waals surface area contributed by atoms with Crippen LogP contribution in [0.5, 0.6) is 0 Å². The molecule has 3 aromatic heterocycles. The maximum absolute atomic E-state index is 5.05. The summed E-state index contributed by atoms with van der Waals surface area (Å²) in [5.74, 6) is 1.92. The maximum Gasteiger partial charge on any atom is 0.164 e. The number of para-hydroxylation sites is 2. The van der Waals surface area contributed by atoms with E-state index in [9.17, 15) is 0 Å². The summed E-state index contributed by atoms with van der Waals surface area (Å²) in [5.41, 5.74) is 17.0. The largest absolute Gasteiger partial charge is 0.309 e. The predicted molar refractivity (Wildman–Crippen MR) is 282 cm³/mol. The van der Waals surface area contributed by atoms with Crippen molar-refractivity contribution in [3.63, 3.8) is 0 Å². The van der Waals surface area contributed by atoms with Crippen LogP contribution in [0.3, 0.4) is 0 Å². The van der Waals surface area contributed by atoms with E-state index in [4.69, 9.17) is 15.0 Å². The van der Waals surface area contributed by atoms with Crippen molar-refractivity contribution in [3.05, 3.63) is 242 Å². The van der Waals surface area contributed by atoms with Crippen LogP contribution in [-0.2, 0) is 0 Å². The molecule has 0 unspecified atom stereocenters. The Labute approximate surface area is 394 Å². The Morgan fingerprint density at radius 1 is 0.324 bits per heavy atom. The standard InChI is InChI=1S/C63H43N5/c1-4-16-42(17-5-1)43-30-35-50(36-31-43)67-56-27-12-10-24-53(56)55-41-47(34-39-58(55)67)44-32-37-51(38-33-44)68-57-28-13-11-25-54(57)60-52(26-15-29-59(60)68)48-22-14-23-49(40-48)63-65-61(45-18-6-2-7-19-45)64-62(66-63)46-20-8-3-9-21-46/h2-4,6-41H,1,5H2. The first-order chi connectivity index (χ1) is 33.7. The summed E-state index contributed by atoms with van der Waals surface area (Å²) in [6.07, 6.45) is 9.07. The highest BCUT2D eigenvalue weighted by molar-refractivity contribution is 6.16. The molecule has 5 heteroatoms. The van der Waals surface area contributed by atoms with Gasteiger partial charge < -0.3 is 9.13 Å². The second-order valence-electron chi connectivity index (χ2n) is 17.5. The summed E-state index contributed by atoms with van der Waals surface area (Å²) in [5, 5.41) is 4.89. The third-order valence-electron chi connectivity index (χ3n) is 13.4. The van der Waals surface area contributed by atoms with Crippen LogP contribution in [0.25, 0.3) is 117 Å². The number of allylic oxidation sites excluding steroid dienone is 4. The summed E-state index contributed by atoms with van der Waals surface area (Å²) in [6, 6.07) is 78.0. The molecule has 0 spiro atoms. The normalized spacial score (nSPS) is 12.6. The highest BCUT2D eigenvalue weighted by Crippen LogP contribution is 2.41. The van der Waals surface area contributed by atoms with E-state index in [1.165, 1.54) is 54.8 Å². The van der Waals surface area contributed by atoms with Gasteiger partial charge in [0.05, 0.1) is 22.1 Å². The van der Waals surface area contributed by atoms with Crippen molar-refractivity contribution in [1.29, 1.82) is 0 Å². The first kappa shape index (κ1) is 39.4. The predicted octanol–water partition coefficient (Wildman–Crippen LogP) is 16.1. The van der Waals surface area contributed by atoms with E-state index in [1.807, 2.05) is 60.7 Å². The Balaban J connectivity index is 0.872. The van der Waals surface area contributed by atoms with Crippen LogP contribution in [0.4, 0.5) is 0 Å². The molecule has 0 bridgehead atoms. The number of aromatic nitrogens is 5. The van der Waals surface area contributed by atoms with Gasteiger partial charge in [0.2, 0.25) is 0 Å². The van der Waals surface area contributed by atoms with E-state index in [1.54, 1.807) is 0 Å². The lowest BCUT2D eigenvalue weighted by molar-refractivity contribution is 1.04. The van der Waals surface area contributed by atoms with Gasteiger partial charge >= 0.3 is 0 Å². The molecule has 68 heavy (non-hydrogen) atoms. The van der Waals surface area contributed by atoms with Crippen molar-refractivity contribution in [2.75, 3.05) is 0 Å². The zero-order valence-electron chi connectivity index (χ0n) is 37.2. The van der Waals surface area contributed by atoms with Crippen molar-refractivity contribution >= 4 is 49.2 Å². The number of benzene rings is 9. The molecule has 0 amide bonds. The van der Waals surface area contributed by atoms with Gasteiger partial charge in [-0.25, -0.2) is 15.0 Å². The first-order valence-electron chi connectivity index (χ1n) is 23.3. The smallest absolute Gasteiger partial charge is 0.164 e. The molecule has 1 aliphatic rings. The lowest BCUT2D eigenvalue weighted by atomic mass is 9.97. The molecular weight excluding hydrogens is 827 g/mol. The van der Waals surface area contributed by atoms with Gasteiger partial charge in [0.15, 0.2) is 17.5 Å². The summed E-state index contributed by atoms with van der Waals surface area (Å²) in [4.78, 5) is 15.0. The van der Waals surface area contributed by atoms with E-state index >= 15 is 0 Å². The number of fused-ring (bicyclic) bond motifs is 6. The second-order valence-corrected chi connectivity index (χ2v) is 17.5. The fourth-order valence-corrected chi connectivity index (χ4v) is 10.2. The van der Waals surface area contributed by atoms with E-state index in [0.29, 0.717) is 17.5 Å². The molecular formula is C63H43N5. The third-order valence-corrected chi connectivity index (χ3v) is 13.4. The summed E-state index contributed by atoms with van der Waals surface area (Å²) >= 11 is 0. The SMILES string of the molecule is C1=CC(c2ccc(-n3c4ccccc4c4cc(-c5ccc(-n6c7ccccc7c7c(-c8cccc(-c9nc(-c%10ccccc%10)nc(-c%10ccccc%10)n9)c8)cccc76)cc5)ccc43)cc2)=CCC1. The van der Waals surface area contributed by atoms with Crippen LogP contribution in [0.1, 0.15) is 18.4 Å². The molecule has 0 fully saturated rings. The zero-order chi connectivity index (χ0) is 45.0. The Morgan fingerprint density at radius 3 is 1.51 bits per heavy atom. The van der Waals surface area contributed by atoms with Crippen LogP contribution in [-0.4, -0.2) is 24.1 Å². The number of hydrogen-bond donors (Lipinski definition) is 0. The molecule has 5 nitrogen and oxygen atoms in total. The van der Waals surface area contributed by atoms with Crippen LogP contribution in [0, 0.1) is 0 Å². The Morgan fingerprint density at radius 2 is 0.838 bits per heavy atom. The minimum absolute atomic E-state index is 0.634. The molecule has 0 saturated carbocycles. The van der Waals surface area contributed by atoms with Gasteiger partial charge in [-0.05, 0) is 107 Å². The van der Waals surface area contributed by atoms with Gasteiger partial charge in [-0.15, -0.1) is 0 Å². The fraction of sp³-hybridized carbons (Fsp3) is 0.0317. The fourth-order valence-electron chi connectivity index (χ4n) is 10.2. The Bertz CT molecular complexity index is 3870. The molecule has 320 valence electrons. The molecule has 1 aliphatic carbocycles. The average molecular weight is 870 g/mol. The molecule has 0 aliphatic heterocycles. The molecule has 12 aromatic rings. The molecule has 0 saturated heterocycles. The van der Waals surface area contributed by atoms with Crippen molar-refractivity contribution in [2.45, 2.75) is 12.8 Å².